The number of aromatic amines is 1. The van der Waals surface area contributed by atoms with E-state index in [2.05, 4.69) is 31.8 Å². The molecule has 33 heavy (non-hydrogen) atoms. The Bertz CT molecular complexity index is 1330. The fraction of sp³-hybridized carbons (Fsp3) is 0.333. The van der Waals surface area contributed by atoms with Crippen molar-refractivity contribution in [1.29, 1.82) is 5.26 Å². The van der Waals surface area contributed by atoms with Crippen LogP contribution in [0.15, 0.2) is 36.7 Å². The molecule has 3 N–H and O–H groups in total. The van der Waals surface area contributed by atoms with Gasteiger partial charge in [0.05, 0.1) is 29.4 Å². The number of hydrogen-bond acceptors (Lipinski definition) is 7. The number of nitrogens with zero attached hydrogens (tertiary/aromatic N) is 5. The first kappa shape index (κ1) is 20.8. The number of fused-ring (bicyclic) bond motifs is 1. The van der Waals surface area contributed by atoms with E-state index >= 15 is 0 Å². The number of rotatable bonds is 6. The monoisotopic (exact) mass is 442 g/mol. The third kappa shape index (κ3) is 4.07. The minimum absolute atomic E-state index is 0.346. The molecule has 5 rings (SSSR count). The molecule has 0 unspecified atom stereocenters. The van der Waals surface area contributed by atoms with E-state index in [0.717, 1.165) is 35.2 Å². The van der Waals surface area contributed by atoms with Crippen molar-refractivity contribution in [3.63, 3.8) is 0 Å². The zero-order valence-corrected chi connectivity index (χ0v) is 18.7. The SMILES string of the molecule is COc1cc(-c2ccnn2C)ccc1Nc1nc(NC2CCCCC2)c2c(C#N)c[nH]c2n1. The number of nitriles is 1. The van der Waals surface area contributed by atoms with Gasteiger partial charge in [-0.3, -0.25) is 4.68 Å². The lowest BCUT2D eigenvalue weighted by Gasteiger charge is -2.24. The molecular weight excluding hydrogens is 416 g/mol. The zero-order valence-electron chi connectivity index (χ0n) is 18.7. The molecule has 0 spiro atoms. The largest absolute Gasteiger partial charge is 0.495 e. The van der Waals surface area contributed by atoms with E-state index in [4.69, 9.17) is 9.72 Å². The summed E-state index contributed by atoms with van der Waals surface area (Å²) < 4.78 is 7.46. The second-order valence-electron chi connectivity index (χ2n) is 8.29. The molecule has 168 valence electrons. The molecule has 1 fully saturated rings. The number of H-pyrrole nitrogens is 1. The van der Waals surface area contributed by atoms with Gasteiger partial charge >= 0.3 is 0 Å². The molecule has 1 aliphatic carbocycles. The molecule has 9 heteroatoms. The number of benzene rings is 1. The molecule has 0 amide bonds. The predicted molar refractivity (Wildman–Crippen MR) is 128 cm³/mol. The van der Waals surface area contributed by atoms with Gasteiger partial charge in [0.15, 0.2) is 0 Å². The average molecular weight is 443 g/mol. The molecule has 0 aliphatic heterocycles. The lowest BCUT2D eigenvalue weighted by atomic mass is 9.95. The van der Waals surface area contributed by atoms with Crippen molar-refractivity contribution in [3.8, 4) is 23.1 Å². The summed E-state index contributed by atoms with van der Waals surface area (Å²) in [5, 5.41) is 21.4. The third-order valence-corrected chi connectivity index (χ3v) is 6.16. The van der Waals surface area contributed by atoms with Gasteiger partial charge in [-0.2, -0.15) is 20.3 Å². The number of aryl methyl sites for hydroxylation is 1. The molecule has 0 saturated heterocycles. The van der Waals surface area contributed by atoms with Gasteiger partial charge in [-0.05, 0) is 31.0 Å². The van der Waals surface area contributed by atoms with Crippen LogP contribution < -0.4 is 15.4 Å². The van der Waals surface area contributed by atoms with Crippen LogP contribution >= 0.6 is 0 Å². The van der Waals surface area contributed by atoms with Gasteiger partial charge in [0.25, 0.3) is 0 Å². The molecule has 3 heterocycles. The predicted octanol–water partition coefficient (Wildman–Crippen LogP) is 4.73. The quantitative estimate of drug-likeness (QED) is 0.395. The van der Waals surface area contributed by atoms with Crippen molar-refractivity contribution < 1.29 is 4.74 Å². The smallest absolute Gasteiger partial charge is 0.231 e. The Morgan fingerprint density at radius 3 is 2.76 bits per heavy atom. The summed E-state index contributed by atoms with van der Waals surface area (Å²) in [6.45, 7) is 0. The van der Waals surface area contributed by atoms with E-state index in [1.807, 2.05) is 36.0 Å². The number of anilines is 3. The van der Waals surface area contributed by atoms with E-state index < -0.39 is 0 Å². The van der Waals surface area contributed by atoms with Crippen LogP contribution in [0.3, 0.4) is 0 Å². The van der Waals surface area contributed by atoms with E-state index in [9.17, 15) is 5.26 Å². The van der Waals surface area contributed by atoms with Crippen LogP contribution in [0.25, 0.3) is 22.3 Å². The standard InChI is InChI=1S/C24H26N8O/c1-32-19(10-11-27-32)15-8-9-18(20(12-15)33-2)29-24-30-22-21(16(13-25)14-26-22)23(31-24)28-17-6-4-3-5-7-17/h8-12,14,17H,3-7H2,1-2H3,(H3,26,28,29,30,31). The molecule has 1 saturated carbocycles. The van der Waals surface area contributed by atoms with Crippen LogP contribution in [0.4, 0.5) is 17.5 Å². The summed E-state index contributed by atoms with van der Waals surface area (Å²) in [5.41, 5.74) is 3.89. The molecule has 0 atom stereocenters. The maximum absolute atomic E-state index is 9.56. The van der Waals surface area contributed by atoms with Crippen LogP contribution in [0.1, 0.15) is 37.7 Å². The van der Waals surface area contributed by atoms with Crippen LogP contribution in [0, 0.1) is 11.3 Å². The van der Waals surface area contributed by atoms with Crippen molar-refractivity contribution in [2.45, 2.75) is 38.1 Å². The van der Waals surface area contributed by atoms with E-state index in [1.165, 1.54) is 19.3 Å². The molecular formula is C24H26N8O. The Morgan fingerprint density at radius 2 is 2.03 bits per heavy atom. The first-order valence-electron chi connectivity index (χ1n) is 11.2. The summed E-state index contributed by atoms with van der Waals surface area (Å²) in [5.74, 6) is 1.78. The lowest BCUT2D eigenvalue weighted by molar-refractivity contribution is 0.417. The van der Waals surface area contributed by atoms with Crippen molar-refractivity contribution in [3.05, 3.63) is 42.2 Å². The Labute approximate surface area is 191 Å². The Kier molecular flexibility index (Phi) is 5.57. The van der Waals surface area contributed by atoms with Crippen molar-refractivity contribution in [1.82, 2.24) is 24.7 Å². The minimum atomic E-state index is 0.346. The minimum Gasteiger partial charge on any atom is -0.495 e. The van der Waals surface area contributed by atoms with Gasteiger partial charge in [0.2, 0.25) is 5.95 Å². The summed E-state index contributed by atoms with van der Waals surface area (Å²) >= 11 is 0. The molecule has 1 aromatic carbocycles. The summed E-state index contributed by atoms with van der Waals surface area (Å²) in [4.78, 5) is 12.5. The van der Waals surface area contributed by atoms with Crippen LogP contribution in [-0.2, 0) is 7.05 Å². The fourth-order valence-corrected chi connectivity index (χ4v) is 4.45. The molecule has 0 bridgehead atoms. The van der Waals surface area contributed by atoms with E-state index in [1.54, 1.807) is 19.5 Å². The highest BCUT2D eigenvalue weighted by Crippen LogP contribution is 2.34. The Balaban J connectivity index is 1.50. The normalized spacial score (nSPS) is 14.2. The second-order valence-corrected chi connectivity index (χ2v) is 8.29. The van der Waals surface area contributed by atoms with Crippen LogP contribution in [-0.4, -0.2) is 37.9 Å². The number of nitrogens with one attached hydrogen (secondary N) is 3. The van der Waals surface area contributed by atoms with Crippen LogP contribution in [0.5, 0.6) is 5.75 Å². The molecule has 1 aliphatic rings. The van der Waals surface area contributed by atoms with E-state index in [0.29, 0.717) is 34.8 Å². The van der Waals surface area contributed by atoms with Crippen molar-refractivity contribution in [2.24, 2.45) is 7.05 Å². The topological polar surface area (TPSA) is 116 Å². The Hall–Kier alpha value is -4.06. The first-order valence-corrected chi connectivity index (χ1v) is 11.2. The molecule has 9 nitrogen and oxygen atoms in total. The second kappa shape index (κ2) is 8.82. The van der Waals surface area contributed by atoms with Crippen molar-refractivity contribution >= 4 is 28.5 Å². The fourth-order valence-electron chi connectivity index (χ4n) is 4.45. The summed E-state index contributed by atoms with van der Waals surface area (Å²) in [6, 6.07) is 10.5. The third-order valence-electron chi connectivity index (χ3n) is 6.16. The van der Waals surface area contributed by atoms with Gasteiger partial charge in [0, 0.05) is 31.0 Å². The highest BCUT2D eigenvalue weighted by Gasteiger charge is 2.19. The molecule has 3 aromatic heterocycles. The maximum Gasteiger partial charge on any atom is 0.231 e. The zero-order chi connectivity index (χ0) is 22.8. The number of hydrogen-bond donors (Lipinski definition) is 3. The number of methoxy groups -OCH3 is 1. The number of aromatic nitrogens is 5. The van der Waals surface area contributed by atoms with Gasteiger partial charge in [-0.1, -0.05) is 25.3 Å². The molecule has 4 aromatic rings. The Morgan fingerprint density at radius 1 is 1.18 bits per heavy atom. The lowest BCUT2D eigenvalue weighted by Crippen LogP contribution is -2.23. The average Bonchev–Trinajstić information content (AvgIpc) is 3.46. The first-order chi connectivity index (χ1) is 16.2. The van der Waals surface area contributed by atoms with Gasteiger partial charge in [-0.15, -0.1) is 0 Å². The van der Waals surface area contributed by atoms with E-state index in [-0.39, 0.29) is 0 Å². The van der Waals surface area contributed by atoms with Gasteiger partial charge in [0.1, 0.15) is 23.3 Å². The summed E-state index contributed by atoms with van der Waals surface area (Å²) in [6.07, 6.45) is 9.33. The highest BCUT2D eigenvalue weighted by atomic mass is 16.5. The number of ether oxygens (including phenoxy) is 1. The van der Waals surface area contributed by atoms with Crippen molar-refractivity contribution in [2.75, 3.05) is 17.7 Å². The van der Waals surface area contributed by atoms with Crippen LogP contribution in [0.2, 0.25) is 0 Å². The highest BCUT2D eigenvalue weighted by molar-refractivity contribution is 5.93. The molecule has 0 radical (unpaired) electrons. The van der Waals surface area contributed by atoms with Gasteiger partial charge < -0.3 is 20.4 Å². The maximum atomic E-state index is 9.56. The summed E-state index contributed by atoms with van der Waals surface area (Å²) in [7, 11) is 3.54. The van der Waals surface area contributed by atoms with Gasteiger partial charge in [-0.25, -0.2) is 0 Å².